The first-order chi connectivity index (χ1) is 7.54. The molecule has 0 aromatic heterocycles. The van der Waals surface area contributed by atoms with E-state index in [2.05, 4.69) is 6.92 Å². The Balaban J connectivity index is 0. The minimum absolute atomic E-state index is 0. The predicted octanol–water partition coefficient (Wildman–Crippen LogP) is 0.173. The summed E-state index contributed by atoms with van der Waals surface area (Å²) in [4.78, 5) is -0.0372. The second-order valence-electron chi connectivity index (χ2n) is 3.93. The van der Waals surface area contributed by atoms with Crippen LogP contribution in [-0.2, 0) is 16.5 Å². The molecule has 0 aliphatic rings. The van der Waals surface area contributed by atoms with Gasteiger partial charge in [-0.2, -0.15) is 8.42 Å². The summed E-state index contributed by atoms with van der Waals surface area (Å²) >= 11 is 0. The summed E-state index contributed by atoms with van der Waals surface area (Å²) in [6.45, 7) is 2.17. The number of aryl methyl sites for hydroxylation is 1. The molecule has 1 aromatic carbocycles. The molecule has 5 heteroatoms. The summed E-state index contributed by atoms with van der Waals surface area (Å²) < 4.78 is 30.4. The average molecular weight is 250 g/mol. The maximum absolute atomic E-state index is 10.8. The van der Waals surface area contributed by atoms with E-state index in [1.54, 1.807) is 12.1 Å². The van der Waals surface area contributed by atoms with Gasteiger partial charge in [0.05, 0.1) is 4.90 Å². The quantitative estimate of drug-likeness (QED) is 0.445. The molecule has 92 valence electrons. The molecule has 1 N–H and O–H groups in total. The van der Waals surface area contributed by atoms with E-state index in [0.29, 0.717) is 0 Å². The van der Waals surface area contributed by atoms with Gasteiger partial charge in [0.2, 0.25) is 0 Å². The molecule has 17 heavy (non-hydrogen) atoms. The van der Waals surface area contributed by atoms with E-state index in [1.807, 2.05) is 0 Å². The van der Waals surface area contributed by atoms with E-state index < -0.39 is 10.1 Å². The van der Waals surface area contributed by atoms with Crippen molar-refractivity contribution in [3.05, 3.63) is 29.8 Å². The molecule has 0 atom stereocenters. The summed E-state index contributed by atoms with van der Waals surface area (Å²) in [7, 11) is -4.05. The minimum atomic E-state index is -4.05. The van der Waals surface area contributed by atoms with Gasteiger partial charge in [-0.15, -0.1) is 0 Å². The van der Waals surface area contributed by atoms with Crippen LogP contribution in [0, 0.1) is 0 Å². The van der Waals surface area contributed by atoms with Crippen molar-refractivity contribution in [3.8, 4) is 0 Å². The van der Waals surface area contributed by atoms with Crippen LogP contribution in [0.4, 0.5) is 0 Å². The van der Waals surface area contributed by atoms with Crippen molar-refractivity contribution in [2.24, 2.45) is 0 Å². The molecule has 1 aromatic rings. The number of benzene rings is 1. The van der Waals surface area contributed by atoms with Crippen LogP contribution in [0.5, 0.6) is 0 Å². The first-order valence-corrected chi connectivity index (χ1v) is 7.04. The topological polar surface area (TPSA) is 54.4 Å². The zero-order valence-electron chi connectivity index (χ0n) is 11.5. The Kier molecular flexibility index (Phi) is 7.81. The van der Waals surface area contributed by atoms with Crippen LogP contribution in [0.2, 0.25) is 0 Å². The molecule has 0 fully saturated rings. The third kappa shape index (κ3) is 6.28. The maximum Gasteiger partial charge on any atom is 1.00 e. The fourth-order valence-electron chi connectivity index (χ4n) is 1.58. The molecule has 0 amide bonds. The van der Waals surface area contributed by atoms with E-state index >= 15 is 0 Å². The summed E-state index contributed by atoms with van der Waals surface area (Å²) in [6.07, 6.45) is 5.74. The number of unbranched alkanes of at least 4 members (excludes halogenated alkanes) is 3. The van der Waals surface area contributed by atoms with Gasteiger partial charge in [-0.3, -0.25) is 4.55 Å². The van der Waals surface area contributed by atoms with E-state index in [9.17, 15) is 8.42 Å². The van der Waals surface area contributed by atoms with Crippen molar-refractivity contribution in [1.82, 2.24) is 0 Å². The second kappa shape index (κ2) is 7.94. The number of rotatable bonds is 6. The van der Waals surface area contributed by atoms with Crippen molar-refractivity contribution in [2.75, 3.05) is 0 Å². The average Bonchev–Trinajstić information content (AvgIpc) is 2.24. The van der Waals surface area contributed by atoms with Gasteiger partial charge < -0.3 is 1.43 Å². The standard InChI is InChI=1S/C12H18O3S.Li.H/c1-2-3-4-5-6-11-7-9-12(10-8-11)16(13,14)15;;/h7-10H,2-6H2,1H3,(H,13,14,15);;/q;+1;-1. The molecule has 0 saturated carbocycles. The Morgan fingerprint density at radius 2 is 1.71 bits per heavy atom. The smallest absolute Gasteiger partial charge is 1.00 e. The summed E-state index contributed by atoms with van der Waals surface area (Å²) in [5.41, 5.74) is 1.11. The first kappa shape index (κ1) is 16.7. The zero-order chi connectivity index (χ0) is 12.0. The van der Waals surface area contributed by atoms with Crippen molar-refractivity contribution in [1.29, 1.82) is 0 Å². The van der Waals surface area contributed by atoms with E-state index in [-0.39, 0.29) is 25.2 Å². The van der Waals surface area contributed by atoms with Gasteiger partial charge in [-0.1, -0.05) is 38.3 Å². The minimum Gasteiger partial charge on any atom is -1.00 e. The fourth-order valence-corrected chi connectivity index (χ4v) is 2.06. The van der Waals surface area contributed by atoms with Crippen LogP contribution in [0.1, 0.15) is 39.6 Å². The van der Waals surface area contributed by atoms with Gasteiger partial charge >= 0.3 is 18.9 Å². The first-order valence-electron chi connectivity index (χ1n) is 5.60. The fraction of sp³-hybridized carbons (Fsp3) is 0.500. The van der Waals surface area contributed by atoms with Crippen molar-refractivity contribution >= 4 is 10.1 Å². The Bertz CT molecular complexity index is 417. The molecule has 0 aliphatic heterocycles. The van der Waals surface area contributed by atoms with Gasteiger partial charge in [-0.05, 0) is 30.5 Å². The number of hydrogen-bond donors (Lipinski definition) is 1. The molecule has 0 spiro atoms. The van der Waals surface area contributed by atoms with Crippen LogP contribution >= 0.6 is 0 Å². The van der Waals surface area contributed by atoms with E-state index in [4.69, 9.17) is 4.55 Å². The van der Waals surface area contributed by atoms with Gasteiger partial charge in [-0.25, -0.2) is 0 Å². The molecule has 0 unspecified atom stereocenters. The maximum atomic E-state index is 10.8. The van der Waals surface area contributed by atoms with Gasteiger partial charge in [0.1, 0.15) is 0 Å². The summed E-state index contributed by atoms with van der Waals surface area (Å²) in [5.74, 6) is 0. The summed E-state index contributed by atoms with van der Waals surface area (Å²) in [6, 6.07) is 6.42. The second-order valence-corrected chi connectivity index (χ2v) is 5.35. The molecule has 1 rings (SSSR count). The molecule has 0 radical (unpaired) electrons. The summed E-state index contributed by atoms with van der Waals surface area (Å²) in [5, 5.41) is 0. The van der Waals surface area contributed by atoms with Crippen LogP contribution in [0.25, 0.3) is 0 Å². The van der Waals surface area contributed by atoms with Crippen LogP contribution in [0.3, 0.4) is 0 Å². The van der Waals surface area contributed by atoms with Crippen LogP contribution in [0.15, 0.2) is 29.2 Å². The molecule has 0 saturated heterocycles. The van der Waals surface area contributed by atoms with Crippen molar-refractivity contribution in [2.45, 2.75) is 43.9 Å². The molecule has 0 heterocycles. The van der Waals surface area contributed by atoms with Gasteiger partial charge in [0, 0.05) is 0 Å². The monoisotopic (exact) mass is 250 g/mol. The molecular formula is C12H19LiO3S. The predicted molar refractivity (Wildman–Crippen MR) is 65.2 cm³/mol. The third-order valence-corrected chi connectivity index (χ3v) is 3.41. The van der Waals surface area contributed by atoms with Crippen molar-refractivity contribution in [3.63, 3.8) is 0 Å². The van der Waals surface area contributed by atoms with Crippen molar-refractivity contribution < 1.29 is 33.3 Å². The van der Waals surface area contributed by atoms with Gasteiger partial charge in [0.15, 0.2) is 0 Å². The zero-order valence-corrected chi connectivity index (χ0v) is 11.3. The van der Waals surface area contributed by atoms with E-state index in [0.717, 1.165) is 18.4 Å². The van der Waals surface area contributed by atoms with Crippen LogP contribution in [-0.4, -0.2) is 13.0 Å². The SMILES string of the molecule is CCCCCCc1ccc(S(=O)(=O)O)cc1.[H-].[Li+]. The van der Waals surface area contributed by atoms with E-state index in [1.165, 1.54) is 31.4 Å². The number of hydrogen-bond acceptors (Lipinski definition) is 2. The van der Waals surface area contributed by atoms with Crippen LogP contribution < -0.4 is 18.9 Å². The molecule has 0 aliphatic carbocycles. The molecule has 0 bridgehead atoms. The largest absolute Gasteiger partial charge is 1.00 e. The Morgan fingerprint density at radius 3 is 2.18 bits per heavy atom. The molecule has 3 nitrogen and oxygen atoms in total. The normalized spacial score (nSPS) is 10.9. The molecular weight excluding hydrogens is 231 g/mol. The Hall–Kier alpha value is -0.273. The third-order valence-electron chi connectivity index (χ3n) is 2.54. The Labute approximate surface area is 117 Å². The Morgan fingerprint density at radius 1 is 1.12 bits per heavy atom. The van der Waals surface area contributed by atoms with Gasteiger partial charge in [0.25, 0.3) is 10.1 Å².